The van der Waals surface area contributed by atoms with E-state index in [1.807, 2.05) is 60.7 Å². The predicted octanol–water partition coefficient (Wildman–Crippen LogP) is 5.02. The molecule has 0 bridgehead atoms. The zero-order valence-corrected chi connectivity index (χ0v) is 16.6. The number of hydrogen-bond donors (Lipinski definition) is 2. The summed E-state index contributed by atoms with van der Waals surface area (Å²) in [5, 5.41) is 9.51. The molecule has 0 fully saturated rings. The lowest BCUT2D eigenvalue weighted by Gasteiger charge is -2.13. The first kappa shape index (κ1) is 20.8. The summed E-state index contributed by atoms with van der Waals surface area (Å²) in [4.78, 5) is 12.8. The summed E-state index contributed by atoms with van der Waals surface area (Å²) >= 11 is 0. The molecule has 152 valence electrons. The number of aliphatic imine (C=N–C) groups is 1. The summed E-state index contributed by atoms with van der Waals surface area (Å²) in [7, 11) is 0. The molecule has 4 rings (SSSR count). The molecule has 3 aromatic carbocycles. The molecule has 0 saturated carbocycles. The highest BCUT2D eigenvalue weighted by molar-refractivity contribution is 5.83. The number of hydrazine groups is 1. The number of rotatable bonds is 5. The first-order valence-electron chi connectivity index (χ1n) is 9.37. The Labute approximate surface area is 174 Å². The number of carboxylic acid groups (broad SMARTS) is 1. The molecule has 1 aromatic heterocycles. The van der Waals surface area contributed by atoms with Gasteiger partial charge in [-0.15, -0.1) is 0 Å². The van der Waals surface area contributed by atoms with Crippen molar-refractivity contribution in [3.05, 3.63) is 90.0 Å². The summed E-state index contributed by atoms with van der Waals surface area (Å²) in [6, 6.07) is 26.3. The molecule has 1 heterocycles. The smallest absolute Gasteiger partial charge is 0.290 e. The zero-order valence-electron chi connectivity index (χ0n) is 16.6. The van der Waals surface area contributed by atoms with Gasteiger partial charge in [-0.05, 0) is 48.9 Å². The second-order valence-electron chi connectivity index (χ2n) is 6.65. The maximum Gasteiger partial charge on any atom is 0.290 e. The molecule has 0 aliphatic heterocycles. The van der Waals surface area contributed by atoms with E-state index in [0.717, 1.165) is 28.0 Å². The lowest BCUT2D eigenvalue weighted by molar-refractivity contribution is -0.122. The maximum atomic E-state index is 8.36. The average Bonchev–Trinajstić information content (AvgIpc) is 3.19. The Hall–Kier alpha value is -3.90. The summed E-state index contributed by atoms with van der Waals surface area (Å²) in [5.41, 5.74) is 5.16. The Kier molecular flexibility index (Phi) is 6.97. The van der Waals surface area contributed by atoms with Crippen molar-refractivity contribution in [2.45, 2.75) is 13.5 Å². The average molecular weight is 401 g/mol. The van der Waals surface area contributed by atoms with E-state index in [-0.39, 0.29) is 6.47 Å². The van der Waals surface area contributed by atoms with E-state index in [4.69, 9.17) is 20.2 Å². The molecule has 0 aliphatic carbocycles. The minimum Gasteiger partial charge on any atom is -0.483 e. The minimum absolute atomic E-state index is 0.250. The van der Waals surface area contributed by atoms with Crippen LogP contribution in [0.3, 0.4) is 0 Å². The number of anilines is 1. The van der Waals surface area contributed by atoms with Crippen molar-refractivity contribution in [3.8, 4) is 11.3 Å². The molecule has 30 heavy (non-hydrogen) atoms. The Morgan fingerprint density at radius 2 is 1.77 bits per heavy atom. The van der Waals surface area contributed by atoms with Crippen molar-refractivity contribution in [2.75, 3.05) is 5.01 Å². The van der Waals surface area contributed by atoms with Gasteiger partial charge in [-0.2, -0.15) is 0 Å². The zero-order chi connectivity index (χ0) is 21.3. The molecule has 0 atom stereocenters. The van der Waals surface area contributed by atoms with Crippen LogP contribution in [0.5, 0.6) is 0 Å². The Morgan fingerprint density at radius 1 is 1.03 bits per heavy atom. The van der Waals surface area contributed by atoms with E-state index in [1.54, 1.807) is 6.34 Å². The van der Waals surface area contributed by atoms with Gasteiger partial charge in [0, 0.05) is 10.9 Å². The van der Waals surface area contributed by atoms with Gasteiger partial charge in [0.1, 0.15) is 17.7 Å². The van der Waals surface area contributed by atoms with Crippen molar-refractivity contribution >= 4 is 29.5 Å². The summed E-state index contributed by atoms with van der Waals surface area (Å²) in [5.74, 6) is 6.95. The Balaban J connectivity index is 0.000000806. The number of fused-ring (bicyclic) bond motifs is 1. The number of furan rings is 1. The van der Waals surface area contributed by atoms with Crippen molar-refractivity contribution in [1.29, 1.82) is 0 Å². The van der Waals surface area contributed by atoms with E-state index in [2.05, 4.69) is 30.1 Å². The summed E-state index contributed by atoms with van der Waals surface area (Å²) in [6.07, 6.45) is 1.65. The van der Waals surface area contributed by atoms with Crippen molar-refractivity contribution in [2.24, 2.45) is 10.8 Å². The monoisotopic (exact) mass is 401 g/mol. The third kappa shape index (κ3) is 5.33. The summed E-state index contributed by atoms with van der Waals surface area (Å²) < 4.78 is 5.91. The number of hydrogen-bond acceptors (Lipinski definition) is 4. The molecular weight excluding hydrogens is 378 g/mol. The van der Waals surface area contributed by atoms with Gasteiger partial charge in [0.05, 0.1) is 12.2 Å². The van der Waals surface area contributed by atoms with Crippen molar-refractivity contribution in [1.82, 2.24) is 0 Å². The summed E-state index contributed by atoms with van der Waals surface area (Å²) in [6.45, 7) is 2.43. The number of nitrogens with zero attached hydrogens (tertiary/aromatic N) is 2. The number of nitrogens with two attached hydrogens (primary N) is 1. The third-order valence-corrected chi connectivity index (χ3v) is 4.44. The van der Waals surface area contributed by atoms with Crippen LogP contribution in [0.15, 0.2) is 88.3 Å². The molecule has 0 unspecified atom stereocenters. The SMILES string of the molecule is Cc1cccc(CN=CN(N)c2ccc(-c3cc4ccccc4o3)cc2)c1.O=CO. The van der Waals surface area contributed by atoms with E-state index in [1.165, 1.54) is 16.1 Å². The number of aryl methyl sites for hydroxylation is 1. The van der Waals surface area contributed by atoms with Crippen LogP contribution >= 0.6 is 0 Å². The van der Waals surface area contributed by atoms with Crippen molar-refractivity contribution < 1.29 is 14.3 Å². The maximum absolute atomic E-state index is 8.36. The van der Waals surface area contributed by atoms with Gasteiger partial charge in [0.2, 0.25) is 0 Å². The second kappa shape index (κ2) is 10.0. The molecule has 6 nitrogen and oxygen atoms in total. The Morgan fingerprint density at radius 3 is 2.47 bits per heavy atom. The highest BCUT2D eigenvalue weighted by atomic mass is 16.3. The molecule has 0 spiro atoms. The molecule has 4 aromatic rings. The Bertz CT molecular complexity index is 1100. The highest BCUT2D eigenvalue weighted by Gasteiger charge is 2.06. The first-order chi connectivity index (χ1) is 14.6. The number of para-hydroxylation sites is 1. The lowest BCUT2D eigenvalue weighted by Crippen LogP contribution is -2.28. The van der Waals surface area contributed by atoms with Crippen LogP contribution in [0, 0.1) is 6.92 Å². The molecule has 0 aliphatic rings. The molecule has 0 amide bonds. The standard InChI is InChI=1S/C23H21N3O.CH2O2/c1-17-5-4-6-18(13-17)15-25-16-26(24)21-11-9-19(10-12-21)23-14-20-7-2-3-8-22(20)27-23;2-1-3/h2-14,16H,15,24H2,1H3;1H,(H,2,3). The highest BCUT2D eigenvalue weighted by Crippen LogP contribution is 2.28. The van der Waals surface area contributed by atoms with Gasteiger partial charge in [-0.1, -0.05) is 48.0 Å². The molecule has 0 saturated heterocycles. The van der Waals surface area contributed by atoms with Gasteiger partial charge in [-0.3, -0.25) is 14.8 Å². The van der Waals surface area contributed by atoms with E-state index in [0.29, 0.717) is 6.54 Å². The largest absolute Gasteiger partial charge is 0.483 e. The fraction of sp³-hybridized carbons (Fsp3) is 0.0833. The van der Waals surface area contributed by atoms with Crippen LogP contribution in [0.4, 0.5) is 5.69 Å². The van der Waals surface area contributed by atoms with Crippen molar-refractivity contribution in [3.63, 3.8) is 0 Å². The van der Waals surface area contributed by atoms with E-state index in [9.17, 15) is 0 Å². The van der Waals surface area contributed by atoms with Gasteiger partial charge in [-0.25, -0.2) is 5.84 Å². The topological polar surface area (TPSA) is 92.1 Å². The molecular formula is C24H23N3O3. The van der Waals surface area contributed by atoms with Crippen LogP contribution < -0.4 is 10.9 Å². The molecule has 0 radical (unpaired) electrons. The molecule has 6 heteroatoms. The normalized spacial score (nSPS) is 10.6. The van der Waals surface area contributed by atoms with Crippen LogP contribution in [-0.4, -0.2) is 17.9 Å². The van der Waals surface area contributed by atoms with E-state index >= 15 is 0 Å². The van der Waals surface area contributed by atoms with Gasteiger partial charge in [0.15, 0.2) is 0 Å². The van der Waals surface area contributed by atoms with Crippen LogP contribution in [-0.2, 0) is 11.3 Å². The lowest BCUT2D eigenvalue weighted by atomic mass is 10.1. The fourth-order valence-corrected chi connectivity index (χ4v) is 3.03. The quantitative estimate of drug-likeness (QED) is 0.161. The van der Waals surface area contributed by atoms with Crippen LogP contribution in [0.25, 0.3) is 22.3 Å². The molecule has 3 N–H and O–H groups in total. The van der Waals surface area contributed by atoms with Crippen LogP contribution in [0.1, 0.15) is 11.1 Å². The van der Waals surface area contributed by atoms with E-state index < -0.39 is 0 Å². The third-order valence-electron chi connectivity index (χ3n) is 4.44. The minimum atomic E-state index is -0.250. The predicted molar refractivity (Wildman–Crippen MR) is 120 cm³/mol. The second-order valence-corrected chi connectivity index (χ2v) is 6.65. The van der Waals surface area contributed by atoms with Gasteiger partial charge < -0.3 is 9.52 Å². The first-order valence-corrected chi connectivity index (χ1v) is 9.37. The number of benzene rings is 3. The van der Waals surface area contributed by atoms with Crippen LogP contribution in [0.2, 0.25) is 0 Å². The fourth-order valence-electron chi connectivity index (χ4n) is 3.03. The van der Waals surface area contributed by atoms with Gasteiger partial charge >= 0.3 is 0 Å². The number of carbonyl (C=O) groups is 1. The van der Waals surface area contributed by atoms with Gasteiger partial charge in [0.25, 0.3) is 6.47 Å².